The minimum absolute atomic E-state index is 0.107. The zero-order valence-corrected chi connectivity index (χ0v) is 8.07. The van der Waals surface area contributed by atoms with Gasteiger partial charge in [-0.2, -0.15) is 10.5 Å². The van der Waals surface area contributed by atoms with E-state index >= 15 is 0 Å². The number of hydrogen-bond donors (Lipinski definition) is 0. The first-order chi connectivity index (χ1) is 6.77. The van der Waals surface area contributed by atoms with Gasteiger partial charge in [-0.3, -0.25) is 9.69 Å². The summed E-state index contributed by atoms with van der Waals surface area (Å²) >= 11 is 0. The second-order valence-electron chi connectivity index (χ2n) is 3.51. The van der Waals surface area contributed by atoms with Gasteiger partial charge in [0, 0.05) is 18.9 Å². The molecule has 0 bridgehead atoms. The van der Waals surface area contributed by atoms with Crippen LogP contribution in [0.25, 0.3) is 0 Å². The highest BCUT2D eigenvalue weighted by Gasteiger charge is 2.24. The van der Waals surface area contributed by atoms with Crippen molar-refractivity contribution in [3.63, 3.8) is 0 Å². The predicted molar refractivity (Wildman–Crippen MR) is 50.1 cm³/mol. The Kier molecular flexibility index (Phi) is 4.10. The molecule has 1 atom stereocenters. The van der Waals surface area contributed by atoms with Crippen molar-refractivity contribution in [3.8, 4) is 12.1 Å². The van der Waals surface area contributed by atoms with Gasteiger partial charge in [-0.25, -0.2) is 0 Å². The fraction of sp³-hybridized carbons (Fsp3) is 0.700. The van der Waals surface area contributed by atoms with E-state index in [0.29, 0.717) is 12.8 Å². The summed E-state index contributed by atoms with van der Waals surface area (Å²) in [5, 5.41) is 17.1. The van der Waals surface area contributed by atoms with Crippen LogP contribution in [0.4, 0.5) is 0 Å². The first-order valence-electron chi connectivity index (χ1n) is 4.77. The number of nitrogens with zero attached hydrogens (tertiary/aromatic N) is 3. The smallest absolute Gasteiger partial charge is 0.134 e. The number of nitriles is 2. The van der Waals surface area contributed by atoms with Gasteiger partial charge in [0.25, 0.3) is 0 Å². The molecule has 1 unspecified atom stereocenters. The number of carbonyl (C=O) groups is 1. The summed E-state index contributed by atoms with van der Waals surface area (Å²) in [6, 6.07) is 4.16. The molecule has 4 nitrogen and oxygen atoms in total. The highest BCUT2D eigenvalue weighted by Crippen LogP contribution is 2.19. The largest absolute Gasteiger partial charge is 0.300 e. The third kappa shape index (κ3) is 2.83. The Bertz CT molecular complexity index is 271. The van der Waals surface area contributed by atoms with Crippen LogP contribution in [-0.4, -0.2) is 29.8 Å². The highest BCUT2D eigenvalue weighted by atomic mass is 16.1. The molecule has 0 aromatic carbocycles. The summed E-state index contributed by atoms with van der Waals surface area (Å²) in [4.78, 5) is 13.0. The Hall–Kier alpha value is -1.39. The summed E-state index contributed by atoms with van der Waals surface area (Å²) < 4.78 is 0. The van der Waals surface area contributed by atoms with Gasteiger partial charge < -0.3 is 0 Å². The molecule has 4 heteroatoms. The number of rotatable bonds is 3. The molecule has 1 aliphatic rings. The zero-order valence-electron chi connectivity index (χ0n) is 8.07. The molecule has 0 radical (unpaired) electrons. The van der Waals surface area contributed by atoms with E-state index in [-0.39, 0.29) is 24.9 Å². The van der Waals surface area contributed by atoms with Crippen LogP contribution in [0.15, 0.2) is 0 Å². The molecule has 0 amide bonds. The van der Waals surface area contributed by atoms with E-state index in [1.807, 2.05) is 12.1 Å². The molecule has 74 valence electrons. The lowest BCUT2D eigenvalue weighted by molar-refractivity contribution is -0.121. The van der Waals surface area contributed by atoms with Crippen LogP contribution >= 0.6 is 0 Å². The van der Waals surface area contributed by atoms with Gasteiger partial charge in [0.15, 0.2) is 0 Å². The molecule has 0 saturated heterocycles. The third-order valence-electron chi connectivity index (χ3n) is 2.52. The van der Waals surface area contributed by atoms with E-state index in [4.69, 9.17) is 10.5 Å². The average molecular weight is 191 g/mol. The second kappa shape index (κ2) is 5.36. The predicted octanol–water partition coefficient (Wildman–Crippen LogP) is 0.847. The van der Waals surface area contributed by atoms with Gasteiger partial charge >= 0.3 is 0 Å². The van der Waals surface area contributed by atoms with Gasteiger partial charge in [-0.15, -0.1) is 0 Å². The Labute approximate surface area is 83.7 Å². The highest BCUT2D eigenvalue weighted by molar-refractivity contribution is 5.79. The molecule has 0 N–H and O–H groups in total. The van der Waals surface area contributed by atoms with Crippen LogP contribution in [0.1, 0.15) is 25.7 Å². The molecule has 0 aliphatic heterocycles. The van der Waals surface area contributed by atoms with Crippen LogP contribution in [0.5, 0.6) is 0 Å². The van der Waals surface area contributed by atoms with Crippen molar-refractivity contribution >= 4 is 5.78 Å². The molecule has 1 aliphatic carbocycles. The fourth-order valence-corrected chi connectivity index (χ4v) is 1.81. The Morgan fingerprint density at radius 1 is 1.36 bits per heavy atom. The van der Waals surface area contributed by atoms with E-state index in [1.165, 1.54) is 0 Å². The molecule has 0 spiro atoms. The molecule has 0 aromatic heterocycles. The topological polar surface area (TPSA) is 67.9 Å². The van der Waals surface area contributed by atoms with Crippen molar-refractivity contribution in [2.24, 2.45) is 0 Å². The summed E-state index contributed by atoms with van der Waals surface area (Å²) in [7, 11) is 0. The maximum atomic E-state index is 11.2. The molecule has 0 aromatic rings. The van der Waals surface area contributed by atoms with Crippen molar-refractivity contribution in [2.75, 3.05) is 13.1 Å². The van der Waals surface area contributed by atoms with Crippen LogP contribution in [0.3, 0.4) is 0 Å². The van der Waals surface area contributed by atoms with Crippen molar-refractivity contribution in [1.29, 1.82) is 10.5 Å². The second-order valence-corrected chi connectivity index (χ2v) is 3.51. The van der Waals surface area contributed by atoms with Crippen LogP contribution in [0.2, 0.25) is 0 Å². The Balaban J connectivity index is 2.54. The first kappa shape index (κ1) is 10.7. The summed E-state index contributed by atoms with van der Waals surface area (Å²) in [6.07, 6.45) is 2.97. The molecule has 0 heterocycles. The van der Waals surface area contributed by atoms with Gasteiger partial charge in [-0.05, 0) is 12.8 Å². The van der Waals surface area contributed by atoms with E-state index in [9.17, 15) is 4.79 Å². The van der Waals surface area contributed by atoms with Gasteiger partial charge in [0.05, 0.1) is 25.2 Å². The maximum absolute atomic E-state index is 11.2. The lowest BCUT2D eigenvalue weighted by Crippen LogP contribution is -2.39. The normalized spacial score (nSPS) is 21.6. The lowest BCUT2D eigenvalue weighted by atomic mass is 9.93. The molecule has 1 rings (SSSR count). The number of carbonyl (C=O) groups excluding carboxylic acids is 1. The van der Waals surface area contributed by atoms with Crippen molar-refractivity contribution < 1.29 is 4.79 Å². The van der Waals surface area contributed by atoms with Gasteiger partial charge in [0.1, 0.15) is 5.78 Å². The zero-order chi connectivity index (χ0) is 10.4. The summed E-state index contributed by atoms with van der Waals surface area (Å²) in [5.41, 5.74) is 0. The van der Waals surface area contributed by atoms with Crippen molar-refractivity contribution in [2.45, 2.75) is 31.7 Å². The monoisotopic (exact) mass is 191 g/mol. The maximum Gasteiger partial charge on any atom is 0.134 e. The molecule has 1 saturated carbocycles. The number of Topliss-reactive ketones (excluding diaryl/α,β-unsaturated/α-hetero) is 1. The molecule has 14 heavy (non-hydrogen) atoms. The Morgan fingerprint density at radius 2 is 2.00 bits per heavy atom. The van der Waals surface area contributed by atoms with Crippen LogP contribution < -0.4 is 0 Å². The number of hydrogen-bond acceptors (Lipinski definition) is 4. The van der Waals surface area contributed by atoms with Crippen molar-refractivity contribution in [1.82, 2.24) is 4.90 Å². The van der Waals surface area contributed by atoms with Gasteiger partial charge in [0.2, 0.25) is 0 Å². The Morgan fingerprint density at radius 3 is 2.50 bits per heavy atom. The minimum Gasteiger partial charge on any atom is -0.300 e. The van der Waals surface area contributed by atoms with E-state index in [2.05, 4.69) is 0 Å². The SMILES string of the molecule is N#CCN(CC#N)C1CCCC(=O)C1. The van der Waals surface area contributed by atoms with Crippen LogP contribution in [-0.2, 0) is 4.79 Å². The fourth-order valence-electron chi connectivity index (χ4n) is 1.81. The molecule has 1 fully saturated rings. The van der Waals surface area contributed by atoms with Gasteiger partial charge in [-0.1, -0.05) is 0 Å². The van der Waals surface area contributed by atoms with Crippen LogP contribution in [0, 0.1) is 22.7 Å². The van der Waals surface area contributed by atoms with E-state index in [1.54, 1.807) is 4.90 Å². The van der Waals surface area contributed by atoms with E-state index < -0.39 is 0 Å². The summed E-state index contributed by atoms with van der Waals surface area (Å²) in [6.45, 7) is 0.483. The molecular formula is C10H13N3O. The summed E-state index contributed by atoms with van der Waals surface area (Å²) in [5.74, 6) is 0.252. The average Bonchev–Trinajstić information content (AvgIpc) is 2.17. The quantitative estimate of drug-likeness (QED) is 0.620. The number of ketones is 1. The minimum atomic E-state index is 0.107. The van der Waals surface area contributed by atoms with Crippen molar-refractivity contribution in [3.05, 3.63) is 0 Å². The third-order valence-corrected chi connectivity index (χ3v) is 2.52. The van der Waals surface area contributed by atoms with E-state index in [0.717, 1.165) is 12.8 Å². The first-order valence-corrected chi connectivity index (χ1v) is 4.77. The lowest BCUT2D eigenvalue weighted by Gasteiger charge is -2.29. The standard InChI is InChI=1S/C10H13N3O/c11-4-6-13(7-5-12)9-2-1-3-10(14)8-9/h9H,1-3,6-8H2. The molecular weight excluding hydrogens is 178 g/mol.